The third-order valence-electron chi connectivity index (χ3n) is 3.26. The van der Waals surface area contributed by atoms with E-state index in [9.17, 15) is 4.79 Å². The molecule has 0 aromatic carbocycles. The van der Waals surface area contributed by atoms with Gasteiger partial charge in [0.05, 0.1) is 10.4 Å². The van der Waals surface area contributed by atoms with Crippen LogP contribution in [0.15, 0.2) is 12.1 Å². The molecule has 19 heavy (non-hydrogen) atoms. The first-order chi connectivity index (χ1) is 8.75. The Morgan fingerprint density at radius 3 is 2.53 bits per heavy atom. The number of thiophene rings is 1. The summed E-state index contributed by atoms with van der Waals surface area (Å²) >= 11 is 7.46. The van der Waals surface area contributed by atoms with Crippen LogP contribution >= 0.6 is 22.9 Å². The lowest BCUT2D eigenvalue weighted by atomic mass is 10.0. The van der Waals surface area contributed by atoms with Crippen molar-refractivity contribution in [2.75, 3.05) is 0 Å². The third kappa shape index (κ3) is 5.13. The Kier molecular flexibility index (Phi) is 5.83. The molecular formula is C14H23ClN2OS. The van der Waals surface area contributed by atoms with E-state index in [-0.39, 0.29) is 23.5 Å². The van der Waals surface area contributed by atoms with E-state index >= 15 is 0 Å². The van der Waals surface area contributed by atoms with Crippen LogP contribution < -0.4 is 10.6 Å². The molecule has 1 aromatic heterocycles. The fourth-order valence-corrected chi connectivity index (χ4v) is 2.70. The van der Waals surface area contributed by atoms with Gasteiger partial charge in [-0.3, -0.25) is 10.1 Å². The third-order valence-corrected chi connectivity index (χ3v) is 4.67. The summed E-state index contributed by atoms with van der Waals surface area (Å²) in [5, 5.41) is 6.34. The van der Waals surface area contributed by atoms with Crippen LogP contribution in [0.2, 0.25) is 4.34 Å². The highest BCUT2D eigenvalue weighted by atomic mass is 35.5. The largest absolute Gasteiger partial charge is 0.350 e. The molecule has 1 heterocycles. The maximum absolute atomic E-state index is 12.1. The minimum Gasteiger partial charge on any atom is -0.350 e. The van der Waals surface area contributed by atoms with Crippen LogP contribution in [0, 0.1) is 0 Å². The lowest BCUT2D eigenvalue weighted by molar-refractivity contribution is -0.124. The summed E-state index contributed by atoms with van der Waals surface area (Å²) in [6, 6.07) is 3.75. The highest BCUT2D eigenvalue weighted by molar-refractivity contribution is 7.16. The van der Waals surface area contributed by atoms with Gasteiger partial charge in [-0.05, 0) is 46.2 Å². The molecule has 0 aliphatic heterocycles. The average Bonchev–Trinajstić information content (AvgIpc) is 2.75. The number of rotatable bonds is 6. The van der Waals surface area contributed by atoms with Gasteiger partial charge in [0, 0.05) is 16.5 Å². The number of halogens is 1. The van der Waals surface area contributed by atoms with Crippen molar-refractivity contribution < 1.29 is 4.79 Å². The molecule has 0 spiro atoms. The maximum Gasteiger partial charge on any atom is 0.237 e. The Labute approximate surface area is 124 Å². The van der Waals surface area contributed by atoms with E-state index in [1.54, 1.807) is 0 Å². The zero-order valence-electron chi connectivity index (χ0n) is 12.2. The molecule has 3 nitrogen and oxygen atoms in total. The summed E-state index contributed by atoms with van der Waals surface area (Å²) in [6.07, 6.45) is 0.904. The number of hydrogen-bond donors (Lipinski definition) is 2. The van der Waals surface area contributed by atoms with Crippen LogP contribution in [0.25, 0.3) is 0 Å². The first kappa shape index (κ1) is 16.5. The van der Waals surface area contributed by atoms with Gasteiger partial charge in [-0.2, -0.15) is 0 Å². The Morgan fingerprint density at radius 1 is 1.42 bits per heavy atom. The highest BCUT2D eigenvalue weighted by Gasteiger charge is 2.23. The van der Waals surface area contributed by atoms with Crippen molar-refractivity contribution >= 4 is 28.8 Å². The summed E-state index contributed by atoms with van der Waals surface area (Å²) < 4.78 is 0.771. The molecule has 0 aliphatic carbocycles. The molecule has 2 unspecified atom stereocenters. The molecule has 2 N–H and O–H groups in total. The van der Waals surface area contributed by atoms with Gasteiger partial charge in [0.2, 0.25) is 5.91 Å². The predicted octanol–water partition coefficient (Wildman–Crippen LogP) is 3.75. The zero-order valence-corrected chi connectivity index (χ0v) is 13.8. The zero-order chi connectivity index (χ0) is 14.6. The molecule has 0 fully saturated rings. The van der Waals surface area contributed by atoms with Crippen molar-refractivity contribution in [1.29, 1.82) is 0 Å². The van der Waals surface area contributed by atoms with E-state index in [0.717, 1.165) is 15.6 Å². The number of carbonyl (C=O) groups is 1. The smallest absolute Gasteiger partial charge is 0.237 e. The molecule has 0 radical (unpaired) electrons. The Hall–Kier alpha value is -0.580. The fraction of sp³-hybridized carbons (Fsp3) is 0.643. The molecule has 5 heteroatoms. The molecule has 1 amide bonds. The fourth-order valence-electron chi connectivity index (χ4n) is 1.62. The highest BCUT2D eigenvalue weighted by Crippen LogP contribution is 2.26. The standard InChI is InChI=1S/C14H23ClN2OS/c1-6-14(4,5)17-13(18)10(3)16-9(2)11-7-8-12(15)19-11/h7-10,16H,6H2,1-5H3,(H,17,18). The number of hydrogen-bond acceptors (Lipinski definition) is 3. The van der Waals surface area contributed by atoms with E-state index in [4.69, 9.17) is 11.6 Å². The number of amides is 1. The van der Waals surface area contributed by atoms with Crippen molar-refractivity contribution in [1.82, 2.24) is 10.6 Å². The maximum atomic E-state index is 12.1. The van der Waals surface area contributed by atoms with E-state index in [1.807, 2.05) is 39.8 Å². The van der Waals surface area contributed by atoms with Crippen LogP contribution in [0.5, 0.6) is 0 Å². The molecule has 1 aromatic rings. The van der Waals surface area contributed by atoms with Crippen LogP contribution in [-0.2, 0) is 4.79 Å². The van der Waals surface area contributed by atoms with Crippen LogP contribution in [0.1, 0.15) is 52.0 Å². The van der Waals surface area contributed by atoms with Gasteiger partial charge in [0.1, 0.15) is 0 Å². The van der Waals surface area contributed by atoms with Gasteiger partial charge < -0.3 is 5.32 Å². The van der Waals surface area contributed by atoms with Gasteiger partial charge in [0.25, 0.3) is 0 Å². The Balaban J connectivity index is 2.54. The number of nitrogens with one attached hydrogen (secondary N) is 2. The SMILES string of the molecule is CCC(C)(C)NC(=O)C(C)NC(C)c1ccc(Cl)s1. The summed E-state index contributed by atoms with van der Waals surface area (Å²) in [5.41, 5.74) is -0.164. The molecule has 0 bridgehead atoms. The quantitative estimate of drug-likeness (QED) is 0.840. The first-order valence-electron chi connectivity index (χ1n) is 6.58. The molecule has 2 atom stereocenters. The monoisotopic (exact) mass is 302 g/mol. The van der Waals surface area contributed by atoms with Gasteiger partial charge in [-0.1, -0.05) is 18.5 Å². The van der Waals surface area contributed by atoms with E-state index in [2.05, 4.69) is 17.6 Å². The lowest BCUT2D eigenvalue weighted by Crippen LogP contribution is -2.51. The van der Waals surface area contributed by atoms with Gasteiger partial charge in [0.15, 0.2) is 0 Å². The van der Waals surface area contributed by atoms with Gasteiger partial charge in [-0.25, -0.2) is 0 Å². The second-order valence-corrected chi connectivity index (χ2v) is 7.23. The topological polar surface area (TPSA) is 41.1 Å². The second-order valence-electron chi connectivity index (χ2n) is 5.48. The van der Waals surface area contributed by atoms with Gasteiger partial charge in [-0.15, -0.1) is 11.3 Å². The van der Waals surface area contributed by atoms with Crippen LogP contribution in [0.3, 0.4) is 0 Å². The normalized spacial score (nSPS) is 15.1. The number of carbonyl (C=O) groups excluding carboxylic acids is 1. The van der Waals surface area contributed by atoms with E-state index < -0.39 is 0 Å². The van der Waals surface area contributed by atoms with Crippen molar-refractivity contribution in [2.45, 2.75) is 58.7 Å². The van der Waals surface area contributed by atoms with E-state index in [0.29, 0.717) is 0 Å². The van der Waals surface area contributed by atoms with Crippen LogP contribution in [0.4, 0.5) is 0 Å². The Morgan fingerprint density at radius 2 is 2.05 bits per heavy atom. The molecule has 1 rings (SSSR count). The van der Waals surface area contributed by atoms with Crippen molar-refractivity contribution in [3.63, 3.8) is 0 Å². The Bertz CT molecular complexity index is 431. The molecule has 0 saturated carbocycles. The summed E-state index contributed by atoms with van der Waals surface area (Å²) in [4.78, 5) is 13.2. The first-order valence-corrected chi connectivity index (χ1v) is 7.78. The minimum absolute atomic E-state index is 0.0290. The average molecular weight is 303 g/mol. The van der Waals surface area contributed by atoms with E-state index in [1.165, 1.54) is 11.3 Å². The van der Waals surface area contributed by atoms with Crippen molar-refractivity contribution in [3.05, 3.63) is 21.3 Å². The van der Waals surface area contributed by atoms with Crippen LogP contribution in [-0.4, -0.2) is 17.5 Å². The summed E-state index contributed by atoms with van der Waals surface area (Å²) in [7, 11) is 0. The summed E-state index contributed by atoms with van der Waals surface area (Å²) in [6.45, 7) is 10.0. The molecule has 108 valence electrons. The lowest BCUT2D eigenvalue weighted by Gasteiger charge is -2.27. The molecule has 0 aliphatic rings. The van der Waals surface area contributed by atoms with Crippen molar-refractivity contribution in [3.8, 4) is 0 Å². The molecule has 0 saturated heterocycles. The molecular weight excluding hydrogens is 280 g/mol. The van der Waals surface area contributed by atoms with Gasteiger partial charge >= 0.3 is 0 Å². The second kappa shape index (κ2) is 6.73. The minimum atomic E-state index is -0.235. The predicted molar refractivity (Wildman–Crippen MR) is 82.9 cm³/mol. The van der Waals surface area contributed by atoms with Crippen molar-refractivity contribution in [2.24, 2.45) is 0 Å². The summed E-state index contributed by atoms with van der Waals surface area (Å²) in [5.74, 6) is 0.0290.